The Bertz CT molecular complexity index is 2210. The summed E-state index contributed by atoms with van der Waals surface area (Å²) in [7, 11) is 0.416. The quantitative estimate of drug-likeness (QED) is 0.0174. The monoisotopic (exact) mass is 971 g/mol. The summed E-state index contributed by atoms with van der Waals surface area (Å²) >= 11 is 3.27. The van der Waals surface area contributed by atoms with E-state index in [0.717, 1.165) is 63.6 Å². The highest BCUT2D eigenvalue weighted by atomic mass is 32.2. The molecule has 0 aromatic heterocycles. The fourth-order valence-electron chi connectivity index (χ4n) is 5.81. The third-order valence-corrected chi connectivity index (χ3v) is 14.9. The van der Waals surface area contributed by atoms with Gasteiger partial charge in [-0.1, -0.05) is 106 Å². The Hall–Kier alpha value is -4.49. The van der Waals surface area contributed by atoms with Crippen molar-refractivity contribution in [1.82, 2.24) is 5.32 Å². The maximum absolute atomic E-state index is 13.3. The first-order valence-electron chi connectivity index (χ1n) is 22.3. The van der Waals surface area contributed by atoms with Gasteiger partial charge in [-0.25, -0.2) is 9.59 Å². The Balaban J connectivity index is 0.000000351. The average molecular weight is 972 g/mol. The first-order valence-corrected chi connectivity index (χ1v) is 31.6. The fourth-order valence-corrected chi connectivity index (χ4v) is 9.16. The van der Waals surface area contributed by atoms with E-state index in [0.29, 0.717) is 53.8 Å². The average Bonchev–Trinajstić information content (AvgIpc) is 3.29. The van der Waals surface area contributed by atoms with Gasteiger partial charge in [0, 0.05) is 82.2 Å². The van der Waals surface area contributed by atoms with Gasteiger partial charge < -0.3 is 38.8 Å². The van der Waals surface area contributed by atoms with Crippen LogP contribution in [0.5, 0.6) is 11.5 Å². The number of aliphatic hydroxyl groups is 1. The van der Waals surface area contributed by atoms with Crippen LogP contribution in [0, 0.1) is 23.7 Å². The van der Waals surface area contributed by atoms with Crippen molar-refractivity contribution in [2.45, 2.75) is 92.4 Å². The highest BCUT2D eigenvalue weighted by molar-refractivity contribution is 7.98. The van der Waals surface area contributed by atoms with Gasteiger partial charge in [-0.3, -0.25) is 0 Å². The van der Waals surface area contributed by atoms with E-state index in [1.807, 2.05) is 60.7 Å². The third kappa shape index (κ3) is 21.4. The third-order valence-electron chi connectivity index (χ3n) is 9.41. The second-order valence-corrected chi connectivity index (χ2v) is 30.6. The lowest BCUT2D eigenvalue weighted by Gasteiger charge is -2.18. The van der Waals surface area contributed by atoms with Crippen molar-refractivity contribution in [1.29, 1.82) is 0 Å². The summed E-state index contributed by atoms with van der Waals surface area (Å²) < 4.78 is 33.1. The maximum atomic E-state index is 13.3. The van der Waals surface area contributed by atoms with Crippen LogP contribution < -0.4 is 14.8 Å². The topological polar surface area (TPSA) is 122 Å². The molecule has 0 radical (unpaired) electrons. The van der Waals surface area contributed by atoms with Crippen molar-refractivity contribution in [3.8, 4) is 35.2 Å². The van der Waals surface area contributed by atoms with Crippen molar-refractivity contribution in [3.05, 3.63) is 118 Å². The number of carbonyl (C=O) groups is 2. The summed E-state index contributed by atoms with van der Waals surface area (Å²) in [5.74, 6) is 13.8. The minimum absolute atomic E-state index is 0.0122. The molecule has 66 heavy (non-hydrogen) atoms. The molecule has 0 amide bonds. The van der Waals surface area contributed by atoms with E-state index in [-0.39, 0.29) is 26.2 Å². The van der Waals surface area contributed by atoms with Crippen molar-refractivity contribution in [2.24, 2.45) is 0 Å². The molecule has 4 aromatic rings. The molecular formula is C52H69NO9S2Si2. The first kappa shape index (κ1) is 55.8. The number of hydrogen-bond donors (Lipinski definition) is 2. The molecule has 0 aliphatic carbocycles. The zero-order chi connectivity index (χ0) is 48.2. The lowest BCUT2D eigenvalue weighted by Crippen LogP contribution is -2.23. The highest BCUT2D eigenvalue weighted by Gasteiger charge is 2.25. The lowest BCUT2D eigenvalue weighted by molar-refractivity contribution is 0.0427. The van der Waals surface area contributed by atoms with Gasteiger partial charge in [0.2, 0.25) is 0 Å². The Labute approximate surface area is 404 Å². The molecule has 4 rings (SSSR count). The molecule has 0 saturated carbocycles. The summed E-state index contributed by atoms with van der Waals surface area (Å²) in [6.07, 6.45) is 1.10. The molecular weight excluding hydrogens is 903 g/mol. The Morgan fingerprint density at radius 1 is 0.621 bits per heavy atom. The normalized spacial score (nSPS) is 10.9. The van der Waals surface area contributed by atoms with Crippen LogP contribution in [0.15, 0.2) is 94.7 Å². The number of ether oxygens (including phenoxy) is 6. The standard InChI is InChI=1S/C27H37NO4SSi.C25H32O5SSi/c1-6-28-17-11-10-12-22-15-16-25(32-21-30-2)26(27(29)31-18-19-34(3,4)5)24(22)20-33-23-13-8-7-9-14-23;1-28-19-30-23-14-13-20(10-8-9-15-26)22(18-31-21-11-6-5-7-12-21)24(23)25(27)29-16-17-32(2,3)4/h7-9,13-16,28H,6,11,17-21H2,1-5H3;5-7,11-14,26H,9,15-19H2,1-4H3. The molecule has 10 nitrogen and oxygen atoms in total. The molecule has 0 unspecified atom stereocenters. The summed E-state index contributed by atoms with van der Waals surface area (Å²) in [5, 5.41) is 12.4. The van der Waals surface area contributed by atoms with Gasteiger partial charge in [-0.2, -0.15) is 0 Å². The Morgan fingerprint density at radius 3 is 1.42 bits per heavy atom. The van der Waals surface area contributed by atoms with Gasteiger partial charge in [0.1, 0.15) is 22.6 Å². The Morgan fingerprint density at radius 2 is 1.05 bits per heavy atom. The van der Waals surface area contributed by atoms with Gasteiger partial charge in [-0.15, -0.1) is 23.5 Å². The van der Waals surface area contributed by atoms with E-state index in [4.69, 9.17) is 33.5 Å². The van der Waals surface area contributed by atoms with Crippen molar-refractivity contribution in [2.75, 3.05) is 60.7 Å². The summed E-state index contributed by atoms with van der Waals surface area (Å²) in [6.45, 7) is 18.2. The molecule has 4 aromatic carbocycles. The van der Waals surface area contributed by atoms with Crippen LogP contribution in [0.2, 0.25) is 51.4 Å². The van der Waals surface area contributed by atoms with Gasteiger partial charge in [-0.05, 0) is 78.3 Å². The number of esters is 2. The highest BCUT2D eigenvalue weighted by Crippen LogP contribution is 2.34. The van der Waals surface area contributed by atoms with Crippen LogP contribution in [-0.4, -0.2) is 93.9 Å². The number of nitrogens with one attached hydrogen (secondary N) is 1. The van der Waals surface area contributed by atoms with Gasteiger partial charge >= 0.3 is 11.9 Å². The number of benzene rings is 4. The van der Waals surface area contributed by atoms with Gasteiger partial charge in [0.05, 0.1) is 19.8 Å². The molecule has 0 aliphatic heterocycles. The zero-order valence-electron chi connectivity index (χ0n) is 40.3. The van der Waals surface area contributed by atoms with E-state index in [2.05, 4.69) is 87.3 Å². The van der Waals surface area contributed by atoms with Crippen molar-refractivity contribution < 1.29 is 43.1 Å². The van der Waals surface area contributed by atoms with E-state index >= 15 is 0 Å². The van der Waals surface area contributed by atoms with Crippen LogP contribution in [0.4, 0.5) is 0 Å². The number of aliphatic hydroxyl groups excluding tert-OH is 1. The maximum Gasteiger partial charge on any atom is 0.342 e. The molecule has 0 bridgehead atoms. The molecule has 0 atom stereocenters. The zero-order valence-corrected chi connectivity index (χ0v) is 43.9. The second kappa shape index (κ2) is 30.7. The summed E-state index contributed by atoms with van der Waals surface area (Å²) in [4.78, 5) is 28.7. The smallest absolute Gasteiger partial charge is 0.342 e. The number of rotatable bonds is 24. The number of hydrogen-bond acceptors (Lipinski definition) is 12. The fraction of sp³-hybridized carbons (Fsp3) is 0.423. The van der Waals surface area contributed by atoms with Crippen LogP contribution in [0.3, 0.4) is 0 Å². The largest absolute Gasteiger partial charge is 0.467 e. The number of carbonyl (C=O) groups excluding carboxylic acids is 2. The SMILES string of the molecule is CCNCCC#Cc1ccc(OCOC)c(C(=O)OCC[Si](C)(C)C)c1CSc1ccccc1.COCOc1ccc(C#CCCO)c(CSc2ccccc2)c1C(=O)OCC[Si](C)(C)C. The molecule has 356 valence electrons. The van der Waals surface area contributed by atoms with Gasteiger partial charge in [0.15, 0.2) is 13.6 Å². The number of methoxy groups -OCH3 is 2. The van der Waals surface area contributed by atoms with Crippen LogP contribution in [0.1, 0.15) is 62.7 Å². The molecule has 0 aliphatic rings. The molecule has 0 heterocycles. The molecule has 14 heteroatoms. The summed E-state index contributed by atoms with van der Waals surface area (Å²) in [6, 6.07) is 29.2. The van der Waals surface area contributed by atoms with E-state index in [1.165, 1.54) is 7.11 Å². The van der Waals surface area contributed by atoms with Crippen LogP contribution in [-0.2, 0) is 30.5 Å². The molecule has 0 fully saturated rings. The predicted octanol–water partition coefficient (Wildman–Crippen LogP) is 11.0. The minimum atomic E-state index is -1.34. The molecule has 2 N–H and O–H groups in total. The van der Waals surface area contributed by atoms with Crippen molar-refractivity contribution in [3.63, 3.8) is 0 Å². The van der Waals surface area contributed by atoms with Crippen LogP contribution in [0.25, 0.3) is 0 Å². The van der Waals surface area contributed by atoms with E-state index in [9.17, 15) is 9.59 Å². The van der Waals surface area contributed by atoms with Crippen molar-refractivity contribution >= 4 is 51.6 Å². The van der Waals surface area contributed by atoms with Crippen LogP contribution >= 0.6 is 23.5 Å². The second-order valence-electron chi connectivity index (χ2n) is 17.3. The van der Waals surface area contributed by atoms with E-state index < -0.39 is 22.1 Å². The Kier molecular flexibility index (Phi) is 26.0. The number of thioether (sulfide) groups is 2. The minimum Gasteiger partial charge on any atom is -0.467 e. The lowest BCUT2D eigenvalue weighted by atomic mass is 10.0. The van der Waals surface area contributed by atoms with Gasteiger partial charge in [0.25, 0.3) is 0 Å². The first-order chi connectivity index (χ1) is 31.7. The predicted molar refractivity (Wildman–Crippen MR) is 275 cm³/mol. The molecule has 0 spiro atoms. The van der Waals surface area contributed by atoms with E-state index in [1.54, 1.807) is 42.8 Å². The summed E-state index contributed by atoms with van der Waals surface area (Å²) in [5.41, 5.74) is 3.96. The molecule has 0 saturated heterocycles.